The van der Waals surface area contributed by atoms with E-state index in [0.717, 1.165) is 18.6 Å². The van der Waals surface area contributed by atoms with Crippen LogP contribution in [0.1, 0.15) is 34.9 Å². The third kappa shape index (κ3) is 3.75. The third-order valence-corrected chi connectivity index (χ3v) is 5.66. The summed E-state index contributed by atoms with van der Waals surface area (Å²) in [5, 5.41) is 7.37. The maximum absolute atomic E-state index is 14.4. The van der Waals surface area contributed by atoms with Gasteiger partial charge in [0.25, 0.3) is 5.91 Å². The van der Waals surface area contributed by atoms with E-state index in [1.807, 2.05) is 4.90 Å². The molecule has 162 valence electrons. The van der Waals surface area contributed by atoms with Crippen LogP contribution in [0.3, 0.4) is 0 Å². The molecule has 1 fully saturated rings. The molecule has 1 saturated heterocycles. The van der Waals surface area contributed by atoms with Crippen LogP contribution in [0.2, 0.25) is 5.02 Å². The molecule has 0 saturated carbocycles. The summed E-state index contributed by atoms with van der Waals surface area (Å²) < 4.78 is 29.7. The molecule has 1 aliphatic rings. The van der Waals surface area contributed by atoms with Crippen LogP contribution >= 0.6 is 11.6 Å². The summed E-state index contributed by atoms with van der Waals surface area (Å²) in [7, 11) is 0. The number of anilines is 2. The highest BCUT2D eigenvalue weighted by atomic mass is 35.5. The second-order valence-corrected chi connectivity index (χ2v) is 7.88. The Labute approximate surface area is 186 Å². The van der Waals surface area contributed by atoms with Crippen molar-refractivity contribution in [1.29, 1.82) is 0 Å². The summed E-state index contributed by atoms with van der Waals surface area (Å²) in [4.78, 5) is 23.2. The first kappa shape index (κ1) is 20.3. The van der Waals surface area contributed by atoms with Crippen molar-refractivity contribution < 1.29 is 13.6 Å². The van der Waals surface area contributed by atoms with Gasteiger partial charge in [0.05, 0.1) is 12.2 Å². The molecule has 1 N–H and O–H groups in total. The average molecular weight is 455 g/mol. The normalized spacial score (nSPS) is 16.0. The van der Waals surface area contributed by atoms with Gasteiger partial charge in [-0.05, 0) is 49.2 Å². The smallest absolute Gasteiger partial charge is 0.274 e. The van der Waals surface area contributed by atoms with Gasteiger partial charge >= 0.3 is 0 Å². The largest absolute Gasteiger partial charge is 0.349 e. The molecule has 1 atom stereocenters. The molecule has 1 aromatic carbocycles. The fourth-order valence-electron chi connectivity index (χ4n) is 3.96. The first-order valence-corrected chi connectivity index (χ1v) is 10.4. The van der Waals surface area contributed by atoms with E-state index in [2.05, 4.69) is 20.4 Å². The third-order valence-electron chi connectivity index (χ3n) is 5.42. The Kier molecular flexibility index (Phi) is 5.18. The number of benzene rings is 1. The number of nitrogens with one attached hydrogen (secondary N) is 1. The zero-order valence-corrected chi connectivity index (χ0v) is 17.4. The minimum Gasteiger partial charge on any atom is -0.349 e. The molecular formula is C22H17ClF2N6O. The monoisotopic (exact) mass is 454 g/mol. The first-order valence-electron chi connectivity index (χ1n) is 9.98. The number of amides is 1. The number of nitrogens with zero attached hydrogens (tertiary/aromatic N) is 5. The van der Waals surface area contributed by atoms with Gasteiger partial charge in [-0.3, -0.25) is 9.78 Å². The molecule has 1 amide bonds. The number of hydrogen-bond acceptors (Lipinski definition) is 5. The van der Waals surface area contributed by atoms with Gasteiger partial charge in [-0.2, -0.15) is 5.10 Å². The molecule has 1 unspecified atom stereocenters. The Bertz CT molecular complexity index is 1330. The van der Waals surface area contributed by atoms with Gasteiger partial charge in [0, 0.05) is 29.5 Å². The lowest BCUT2D eigenvalue weighted by molar-refractivity contribution is 0.102. The molecule has 32 heavy (non-hydrogen) atoms. The Morgan fingerprint density at radius 3 is 2.91 bits per heavy atom. The van der Waals surface area contributed by atoms with E-state index in [0.29, 0.717) is 40.7 Å². The summed E-state index contributed by atoms with van der Waals surface area (Å²) in [6.07, 6.45) is 6.14. The zero-order chi connectivity index (χ0) is 22.2. The maximum Gasteiger partial charge on any atom is 0.274 e. The lowest BCUT2D eigenvalue weighted by atomic mass is 10.0. The van der Waals surface area contributed by atoms with Gasteiger partial charge in [-0.25, -0.2) is 18.3 Å². The minimum absolute atomic E-state index is 0.161. The summed E-state index contributed by atoms with van der Waals surface area (Å²) in [5.74, 6) is -0.793. The predicted molar refractivity (Wildman–Crippen MR) is 116 cm³/mol. The highest BCUT2D eigenvalue weighted by molar-refractivity contribution is 6.31. The molecule has 3 aromatic heterocycles. The molecule has 4 heterocycles. The van der Waals surface area contributed by atoms with Crippen molar-refractivity contribution in [2.45, 2.75) is 18.9 Å². The molecular weight excluding hydrogens is 438 g/mol. The number of rotatable bonds is 4. The summed E-state index contributed by atoms with van der Waals surface area (Å²) in [6, 6.07) is 7.96. The van der Waals surface area contributed by atoms with Crippen LogP contribution in [0.4, 0.5) is 20.3 Å². The Morgan fingerprint density at radius 1 is 1.19 bits per heavy atom. The lowest BCUT2D eigenvalue weighted by Gasteiger charge is -2.26. The number of halogens is 3. The van der Waals surface area contributed by atoms with Crippen molar-refractivity contribution >= 4 is 34.7 Å². The van der Waals surface area contributed by atoms with Crippen LogP contribution in [0, 0.1) is 11.6 Å². The van der Waals surface area contributed by atoms with E-state index in [-0.39, 0.29) is 11.7 Å². The second-order valence-electron chi connectivity index (χ2n) is 7.44. The average Bonchev–Trinajstić information content (AvgIpc) is 3.42. The lowest BCUT2D eigenvalue weighted by Crippen LogP contribution is -2.24. The van der Waals surface area contributed by atoms with Gasteiger partial charge in [0.2, 0.25) is 0 Å². The number of hydrogen-bond donors (Lipinski definition) is 1. The van der Waals surface area contributed by atoms with Gasteiger partial charge in [-0.1, -0.05) is 11.6 Å². The Hall–Kier alpha value is -3.59. The van der Waals surface area contributed by atoms with E-state index in [1.54, 1.807) is 18.3 Å². The van der Waals surface area contributed by atoms with E-state index >= 15 is 0 Å². The Morgan fingerprint density at radius 2 is 2.06 bits per heavy atom. The van der Waals surface area contributed by atoms with Gasteiger partial charge in [0.15, 0.2) is 5.65 Å². The van der Waals surface area contributed by atoms with E-state index in [4.69, 9.17) is 11.6 Å². The van der Waals surface area contributed by atoms with Crippen LogP contribution in [0.5, 0.6) is 0 Å². The van der Waals surface area contributed by atoms with Crippen molar-refractivity contribution in [3.05, 3.63) is 82.9 Å². The standard InChI is InChI=1S/C22H17ClF2N6O/c23-13-5-7-26-17(10-13)22(32)28-18-12-27-31-9-6-20(29-21(18)31)30-8-1-2-19(30)15-11-14(24)3-4-16(15)25/h3-7,9-12,19H,1-2,8H2,(H,28,32). The van der Waals surface area contributed by atoms with E-state index < -0.39 is 17.5 Å². The molecule has 0 spiro atoms. The van der Waals surface area contributed by atoms with Crippen molar-refractivity contribution in [3.63, 3.8) is 0 Å². The second kappa shape index (κ2) is 8.16. The highest BCUT2D eigenvalue weighted by Gasteiger charge is 2.30. The first-order chi connectivity index (χ1) is 15.5. The molecule has 4 aromatic rings. The summed E-state index contributed by atoms with van der Waals surface area (Å²) >= 11 is 5.94. The van der Waals surface area contributed by atoms with Crippen LogP contribution < -0.4 is 10.2 Å². The minimum atomic E-state index is -0.480. The van der Waals surface area contributed by atoms with Crippen LogP contribution in [-0.4, -0.2) is 32.0 Å². The molecule has 0 radical (unpaired) electrons. The molecule has 10 heteroatoms. The molecule has 0 aliphatic carbocycles. The number of fused-ring (bicyclic) bond motifs is 1. The zero-order valence-electron chi connectivity index (χ0n) is 16.7. The molecule has 7 nitrogen and oxygen atoms in total. The summed E-state index contributed by atoms with van der Waals surface area (Å²) in [6.45, 7) is 0.645. The van der Waals surface area contributed by atoms with Gasteiger partial charge < -0.3 is 10.2 Å². The molecule has 5 rings (SSSR count). The van der Waals surface area contributed by atoms with Crippen LogP contribution in [-0.2, 0) is 0 Å². The maximum atomic E-state index is 14.4. The number of carbonyl (C=O) groups excluding carboxylic acids is 1. The molecule has 1 aliphatic heterocycles. The van der Waals surface area contributed by atoms with Crippen molar-refractivity contribution in [1.82, 2.24) is 19.6 Å². The van der Waals surface area contributed by atoms with E-state index in [9.17, 15) is 13.6 Å². The Balaban J connectivity index is 1.47. The van der Waals surface area contributed by atoms with Gasteiger partial charge in [0.1, 0.15) is 28.8 Å². The van der Waals surface area contributed by atoms with Crippen molar-refractivity contribution in [2.75, 3.05) is 16.8 Å². The number of carbonyl (C=O) groups is 1. The van der Waals surface area contributed by atoms with Gasteiger partial charge in [-0.15, -0.1) is 0 Å². The number of aromatic nitrogens is 4. The summed E-state index contributed by atoms with van der Waals surface area (Å²) in [5.41, 5.74) is 1.28. The number of pyridine rings is 1. The SMILES string of the molecule is O=C(Nc1cnn2ccc(N3CCCC3c3cc(F)ccc3F)nc12)c1cc(Cl)ccn1. The van der Waals surface area contributed by atoms with Crippen LogP contribution in [0.25, 0.3) is 5.65 Å². The molecule has 0 bridgehead atoms. The topological polar surface area (TPSA) is 75.4 Å². The fraction of sp³-hybridized carbons (Fsp3) is 0.182. The highest BCUT2D eigenvalue weighted by Crippen LogP contribution is 2.37. The predicted octanol–water partition coefficient (Wildman–Crippen LogP) is 4.65. The van der Waals surface area contributed by atoms with E-state index in [1.165, 1.54) is 29.0 Å². The van der Waals surface area contributed by atoms with Crippen LogP contribution in [0.15, 0.2) is 55.0 Å². The quantitative estimate of drug-likeness (QED) is 0.486. The fourth-order valence-corrected chi connectivity index (χ4v) is 4.12. The van der Waals surface area contributed by atoms with Crippen molar-refractivity contribution in [3.8, 4) is 0 Å². The van der Waals surface area contributed by atoms with Crippen molar-refractivity contribution in [2.24, 2.45) is 0 Å².